The molecule has 1 aliphatic rings. The lowest BCUT2D eigenvalue weighted by molar-refractivity contribution is -0.142. The monoisotopic (exact) mass is 314 g/mol. The summed E-state index contributed by atoms with van der Waals surface area (Å²) in [5.74, 6) is -1.05. The summed E-state index contributed by atoms with van der Waals surface area (Å²) in [5.41, 5.74) is 0.376. The predicted molar refractivity (Wildman–Crippen MR) is 66.6 cm³/mol. The van der Waals surface area contributed by atoms with Crippen LogP contribution in [-0.2, 0) is 9.53 Å². The van der Waals surface area contributed by atoms with E-state index in [-0.39, 0.29) is 5.92 Å². The Balaban J connectivity index is 2.16. The Morgan fingerprint density at radius 2 is 2.22 bits per heavy atom. The van der Waals surface area contributed by atoms with Crippen LogP contribution in [0.25, 0.3) is 0 Å². The molecule has 1 N–H and O–H groups in total. The molecule has 2 rings (SSSR count). The average Bonchev–Trinajstić information content (AvgIpc) is 2.27. The molecule has 1 aliphatic heterocycles. The van der Waals surface area contributed by atoms with E-state index in [1.54, 1.807) is 11.0 Å². The molecule has 2 heterocycles. The maximum atomic E-state index is 11.5. The molecule has 0 atom stereocenters. The molecule has 0 aliphatic carbocycles. The van der Waals surface area contributed by atoms with Crippen molar-refractivity contribution in [2.45, 2.75) is 0 Å². The van der Waals surface area contributed by atoms with Crippen molar-refractivity contribution >= 4 is 33.7 Å². The van der Waals surface area contributed by atoms with Crippen molar-refractivity contribution in [3.8, 4) is 0 Å². The molecule has 1 aromatic rings. The number of ether oxygens (including phenoxy) is 1. The van der Waals surface area contributed by atoms with Gasteiger partial charge in [-0.3, -0.25) is 4.79 Å². The fourth-order valence-electron chi connectivity index (χ4n) is 1.69. The molecule has 1 aromatic heterocycles. The van der Waals surface area contributed by atoms with Crippen molar-refractivity contribution in [3.63, 3.8) is 0 Å². The predicted octanol–water partition coefficient (Wildman–Crippen LogP) is 1.15. The number of nitrogens with zero attached hydrogens (tertiary/aromatic N) is 2. The van der Waals surface area contributed by atoms with Gasteiger partial charge in [0.05, 0.1) is 23.1 Å². The number of carbonyl (C=O) groups is 2. The molecular formula is C11H11BrN2O4. The number of pyridine rings is 1. The van der Waals surface area contributed by atoms with Gasteiger partial charge in [-0.1, -0.05) is 0 Å². The summed E-state index contributed by atoms with van der Waals surface area (Å²) in [7, 11) is 1.30. The van der Waals surface area contributed by atoms with Crippen LogP contribution in [0.1, 0.15) is 10.4 Å². The zero-order chi connectivity index (χ0) is 13.3. The van der Waals surface area contributed by atoms with Gasteiger partial charge in [0.1, 0.15) is 5.82 Å². The Morgan fingerprint density at radius 1 is 1.56 bits per heavy atom. The summed E-state index contributed by atoms with van der Waals surface area (Å²) in [6.07, 6.45) is 1.51. The quantitative estimate of drug-likeness (QED) is 0.843. The Morgan fingerprint density at radius 3 is 2.78 bits per heavy atom. The smallest absolute Gasteiger partial charge is 0.339 e. The largest absolute Gasteiger partial charge is 0.481 e. The number of carboxylic acid groups (broad SMARTS) is 1. The van der Waals surface area contributed by atoms with E-state index < -0.39 is 11.9 Å². The van der Waals surface area contributed by atoms with Crippen LogP contribution in [0.4, 0.5) is 5.82 Å². The van der Waals surface area contributed by atoms with Gasteiger partial charge < -0.3 is 14.7 Å². The number of hydrogen-bond donors (Lipinski definition) is 1. The highest BCUT2D eigenvalue weighted by molar-refractivity contribution is 9.10. The maximum absolute atomic E-state index is 11.5. The van der Waals surface area contributed by atoms with E-state index in [4.69, 9.17) is 5.11 Å². The molecule has 7 heteroatoms. The highest BCUT2D eigenvalue weighted by atomic mass is 79.9. The van der Waals surface area contributed by atoms with Gasteiger partial charge >= 0.3 is 11.9 Å². The lowest BCUT2D eigenvalue weighted by atomic mass is 10.0. The summed E-state index contributed by atoms with van der Waals surface area (Å²) in [6.45, 7) is 0.815. The van der Waals surface area contributed by atoms with Crippen LogP contribution in [0.3, 0.4) is 0 Å². The minimum Gasteiger partial charge on any atom is -0.481 e. The third kappa shape index (κ3) is 2.31. The number of rotatable bonds is 3. The molecule has 18 heavy (non-hydrogen) atoms. The highest BCUT2D eigenvalue weighted by Gasteiger charge is 2.33. The Bertz CT molecular complexity index is 500. The fraction of sp³-hybridized carbons (Fsp3) is 0.364. The maximum Gasteiger partial charge on any atom is 0.339 e. The molecule has 0 aromatic carbocycles. The first kappa shape index (κ1) is 12.8. The van der Waals surface area contributed by atoms with Gasteiger partial charge in [0.25, 0.3) is 0 Å². The van der Waals surface area contributed by atoms with E-state index >= 15 is 0 Å². The van der Waals surface area contributed by atoms with Crippen molar-refractivity contribution in [3.05, 3.63) is 22.3 Å². The SMILES string of the molecule is COC(=O)c1cc(N2CC(C(=O)O)C2)ncc1Br. The lowest BCUT2D eigenvalue weighted by Gasteiger charge is -2.37. The van der Waals surface area contributed by atoms with Crippen LogP contribution in [0.5, 0.6) is 0 Å². The summed E-state index contributed by atoms with van der Waals surface area (Å²) >= 11 is 3.22. The molecule has 0 amide bonds. The van der Waals surface area contributed by atoms with Crippen molar-refractivity contribution in [1.29, 1.82) is 0 Å². The van der Waals surface area contributed by atoms with Gasteiger partial charge in [-0.15, -0.1) is 0 Å². The van der Waals surface area contributed by atoms with E-state index in [1.165, 1.54) is 13.3 Å². The van der Waals surface area contributed by atoms with Gasteiger partial charge in [0, 0.05) is 19.3 Å². The Hall–Kier alpha value is -1.63. The number of carbonyl (C=O) groups excluding carboxylic acids is 1. The number of methoxy groups -OCH3 is 1. The van der Waals surface area contributed by atoms with Crippen LogP contribution in [0, 0.1) is 5.92 Å². The first-order valence-corrected chi connectivity index (χ1v) is 6.04. The zero-order valence-electron chi connectivity index (χ0n) is 9.59. The van der Waals surface area contributed by atoms with Gasteiger partial charge in [0.2, 0.25) is 0 Å². The van der Waals surface area contributed by atoms with Gasteiger partial charge in [-0.25, -0.2) is 9.78 Å². The molecule has 0 bridgehead atoms. The van der Waals surface area contributed by atoms with E-state index in [0.29, 0.717) is 28.9 Å². The summed E-state index contributed by atoms with van der Waals surface area (Å²) < 4.78 is 5.20. The van der Waals surface area contributed by atoms with Crippen molar-refractivity contribution in [2.75, 3.05) is 25.1 Å². The van der Waals surface area contributed by atoms with E-state index in [9.17, 15) is 9.59 Å². The Labute approximate surface area is 112 Å². The normalized spacial score (nSPS) is 15.1. The minimum atomic E-state index is -0.809. The zero-order valence-corrected chi connectivity index (χ0v) is 11.2. The highest BCUT2D eigenvalue weighted by Crippen LogP contribution is 2.26. The van der Waals surface area contributed by atoms with Crippen LogP contribution in [0.2, 0.25) is 0 Å². The van der Waals surface area contributed by atoms with Gasteiger partial charge in [-0.2, -0.15) is 0 Å². The lowest BCUT2D eigenvalue weighted by Crippen LogP contribution is -2.50. The van der Waals surface area contributed by atoms with Crippen LogP contribution in [-0.4, -0.2) is 42.2 Å². The number of anilines is 1. The third-order valence-corrected chi connectivity index (χ3v) is 3.43. The first-order valence-electron chi connectivity index (χ1n) is 5.24. The molecule has 96 valence electrons. The second kappa shape index (κ2) is 4.93. The second-order valence-corrected chi connectivity index (χ2v) is 4.81. The van der Waals surface area contributed by atoms with E-state index in [2.05, 4.69) is 25.7 Å². The molecule has 0 spiro atoms. The van der Waals surface area contributed by atoms with Crippen LogP contribution in [0.15, 0.2) is 16.7 Å². The fourth-order valence-corrected chi connectivity index (χ4v) is 2.07. The van der Waals surface area contributed by atoms with E-state index in [1.807, 2.05) is 0 Å². The number of aliphatic carboxylic acids is 1. The summed E-state index contributed by atoms with van der Waals surface area (Å²) in [6, 6.07) is 1.59. The number of carboxylic acids is 1. The second-order valence-electron chi connectivity index (χ2n) is 3.95. The summed E-state index contributed by atoms with van der Waals surface area (Å²) in [4.78, 5) is 28.2. The van der Waals surface area contributed by atoms with Crippen LogP contribution < -0.4 is 4.90 Å². The molecule has 0 unspecified atom stereocenters. The third-order valence-electron chi connectivity index (χ3n) is 2.80. The van der Waals surface area contributed by atoms with Crippen molar-refractivity contribution in [1.82, 2.24) is 4.98 Å². The van der Waals surface area contributed by atoms with Gasteiger partial charge in [-0.05, 0) is 22.0 Å². The number of hydrogen-bond acceptors (Lipinski definition) is 5. The minimum absolute atomic E-state index is 0.364. The topological polar surface area (TPSA) is 79.7 Å². The number of aromatic nitrogens is 1. The Kier molecular flexibility index (Phi) is 3.51. The molecule has 0 radical (unpaired) electrons. The molecule has 6 nitrogen and oxygen atoms in total. The van der Waals surface area contributed by atoms with Crippen molar-refractivity contribution < 1.29 is 19.4 Å². The molecule has 1 fully saturated rings. The number of halogens is 1. The average molecular weight is 315 g/mol. The summed E-state index contributed by atoms with van der Waals surface area (Å²) in [5, 5.41) is 8.79. The standard InChI is InChI=1S/C11H11BrN2O4/c1-18-11(17)7-2-9(13-3-8(7)12)14-4-6(5-14)10(15)16/h2-3,6H,4-5H2,1H3,(H,15,16). The molecule has 0 saturated carbocycles. The van der Waals surface area contributed by atoms with Gasteiger partial charge in [0.15, 0.2) is 0 Å². The molecular weight excluding hydrogens is 304 g/mol. The van der Waals surface area contributed by atoms with Crippen LogP contribution >= 0.6 is 15.9 Å². The number of esters is 1. The van der Waals surface area contributed by atoms with E-state index in [0.717, 1.165) is 0 Å². The van der Waals surface area contributed by atoms with Crippen molar-refractivity contribution in [2.24, 2.45) is 5.92 Å². The first-order chi connectivity index (χ1) is 8.52. The molecule has 1 saturated heterocycles.